The maximum atomic E-state index is 11.4. The summed E-state index contributed by atoms with van der Waals surface area (Å²) in [7, 11) is 1.37. The van der Waals surface area contributed by atoms with Crippen LogP contribution in [0.4, 0.5) is 0 Å². The van der Waals surface area contributed by atoms with Gasteiger partial charge in [0.2, 0.25) is 0 Å². The minimum absolute atomic E-state index is 0.0260. The third-order valence-electron chi connectivity index (χ3n) is 2.11. The summed E-state index contributed by atoms with van der Waals surface area (Å²) in [6, 6.07) is 5.51. The Labute approximate surface area is 113 Å². The summed E-state index contributed by atoms with van der Waals surface area (Å²) in [4.78, 5) is 23.3. The Hall–Kier alpha value is -0.810. The van der Waals surface area contributed by atoms with Crippen LogP contribution in [0.2, 0.25) is 0 Å². The van der Waals surface area contributed by atoms with E-state index < -0.39 is 0 Å². The van der Waals surface area contributed by atoms with Crippen molar-refractivity contribution in [1.82, 2.24) is 0 Å². The van der Waals surface area contributed by atoms with E-state index in [-0.39, 0.29) is 11.8 Å². The fraction of sp³-hybridized carbons (Fsp3) is 0.333. The molecule has 0 unspecified atom stereocenters. The normalized spacial score (nSPS) is 10.1. The van der Waals surface area contributed by atoms with Gasteiger partial charge in [0.25, 0.3) is 0 Å². The molecule has 0 saturated carbocycles. The Kier molecular flexibility index (Phi) is 5.71. The molecular formula is C12H13BrO3S. The van der Waals surface area contributed by atoms with Crippen LogP contribution in [0.1, 0.15) is 23.7 Å². The van der Waals surface area contributed by atoms with Gasteiger partial charge in [0.05, 0.1) is 13.5 Å². The second-order valence-electron chi connectivity index (χ2n) is 3.37. The number of methoxy groups -OCH3 is 1. The molecule has 5 heteroatoms. The molecular weight excluding hydrogens is 304 g/mol. The number of esters is 1. The van der Waals surface area contributed by atoms with Gasteiger partial charge in [-0.25, -0.2) is 0 Å². The second kappa shape index (κ2) is 6.81. The fourth-order valence-electron chi connectivity index (χ4n) is 1.25. The maximum absolute atomic E-state index is 11.4. The highest BCUT2D eigenvalue weighted by molar-refractivity contribution is 9.10. The van der Waals surface area contributed by atoms with Crippen molar-refractivity contribution in [2.75, 3.05) is 12.9 Å². The minimum atomic E-state index is -0.239. The molecule has 1 aromatic rings. The molecule has 17 heavy (non-hydrogen) atoms. The first-order valence-electron chi connectivity index (χ1n) is 5.04. The third-order valence-corrected chi connectivity index (χ3v) is 3.66. The van der Waals surface area contributed by atoms with Crippen molar-refractivity contribution in [3.8, 4) is 0 Å². The molecule has 0 aliphatic carbocycles. The number of benzene rings is 1. The number of carbonyl (C=O) groups excluding carboxylic acids is 2. The summed E-state index contributed by atoms with van der Waals surface area (Å²) in [5.41, 5.74) is 0.683. The lowest BCUT2D eigenvalue weighted by Crippen LogP contribution is -2.02. The predicted molar refractivity (Wildman–Crippen MR) is 71.5 cm³/mol. The van der Waals surface area contributed by atoms with E-state index in [2.05, 4.69) is 20.7 Å². The molecule has 0 radical (unpaired) electrons. The van der Waals surface area contributed by atoms with Gasteiger partial charge in [-0.05, 0) is 25.1 Å². The first-order chi connectivity index (χ1) is 8.04. The number of halogens is 1. The van der Waals surface area contributed by atoms with Crippen molar-refractivity contribution in [3.63, 3.8) is 0 Å². The molecule has 0 aliphatic heterocycles. The molecule has 0 amide bonds. The van der Waals surface area contributed by atoms with Crippen LogP contribution in [0.3, 0.4) is 0 Å². The van der Waals surface area contributed by atoms with E-state index in [4.69, 9.17) is 0 Å². The lowest BCUT2D eigenvalue weighted by molar-refractivity contribution is -0.140. The van der Waals surface area contributed by atoms with Gasteiger partial charge in [0, 0.05) is 20.7 Å². The Balaban J connectivity index is 2.72. The van der Waals surface area contributed by atoms with Crippen LogP contribution in [0.15, 0.2) is 27.6 Å². The average Bonchev–Trinajstić information content (AvgIpc) is 2.28. The lowest BCUT2D eigenvalue weighted by Gasteiger charge is -2.06. The number of rotatable bonds is 5. The summed E-state index contributed by atoms with van der Waals surface area (Å²) < 4.78 is 5.48. The number of hydrogen-bond acceptors (Lipinski definition) is 4. The third kappa shape index (κ3) is 4.52. The van der Waals surface area contributed by atoms with Crippen molar-refractivity contribution in [1.29, 1.82) is 0 Å². The zero-order valence-corrected chi connectivity index (χ0v) is 12.1. The number of ether oxygens (including phenoxy) is 1. The molecule has 0 aliphatic rings. The zero-order chi connectivity index (χ0) is 12.8. The zero-order valence-electron chi connectivity index (χ0n) is 9.66. The predicted octanol–water partition coefficient (Wildman–Crippen LogP) is 3.31. The standard InChI is InChI=1S/C12H13BrO3S/c1-8(14)10-4-3-9(13)7-11(10)17-6-5-12(15)16-2/h3-4,7H,5-6H2,1-2H3. The van der Waals surface area contributed by atoms with Crippen molar-refractivity contribution >= 4 is 39.4 Å². The van der Waals surface area contributed by atoms with Crippen LogP contribution in [0.5, 0.6) is 0 Å². The van der Waals surface area contributed by atoms with Gasteiger partial charge < -0.3 is 4.74 Å². The Morgan fingerprint density at radius 2 is 2.12 bits per heavy atom. The van der Waals surface area contributed by atoms with Crippen LogP contribution < -0.4 is 0 Å². The molecule has 0 saturated heterocycles. The summed E-state index contributed by atoms with van der Waals surface area (Å²) in [5.74, 6) is 0.388. The molecule has 1 rings (SSSR count). The van der Waals surface area contributed by atoms with Crippen LogP contribution in [0, 0.1) is 0 Å². The summed E-state index contributed by atoms with van der Waals surface area (Å²) in [6.07, 6.45) is 0.338. The van der Waals surface area contributed by atoms with E-state index in [1.165, 1.54) is 25.8 Å². The minimum Gasteiger partial charge on any atom is -0.469 e. The molecule has 0 N–H and O–H groups in total. The lowest BCUT2D eigenvalue weighted by atomic mass is 10.1. The highest BCUT2D eigenvalue weighted by Gasteiger charge is 2.09. The van der Waals surface area contributed by atoms with Gasteiger partial charge in [0.1, 0.15) is 0 Å². The van der Waals surface area contributed by atoms with E-state index >= 15 is 0 Å². The van der Waals surface area contributed by atoms with Gasteiger partial charge in [-0.15, -0.1) is 11.8 Å². The average molecular weight is 317 g/mol. The van der Waals surface area contributed by atoms with Gasteiger partial charge in [-0.2, -0.15) is 0 Å². The SMILES string of the molecule is COC(=O)CCSc1cc(Br)ccc1C(C)=O. The van der Waals surface area contributed by atoms with Crippen molar-refractivity contribution in [2.24, 2.45) is 0 Å². The molecule has 92 valence electrons. The van der Waals surface area contributed by atoms with Crippen LogP contribution >= 0.6 is 27.7 Å². The van der Waals surface area contributed by atoms with Gasteiger partial charge >= 0.3 is 5.97 Å². The van der Waals surface area contributed by atoms with Crippen LogP contribution in [0.25, 0.3) is 0 Å². The molecule has 3 nitrogen and oxygen atoms in total. The number of hydrogen-bond donors (Lipinski definition) is 0. The highest BCUT2D eigenvalue weighted by Crippen LogP contribution is 2.27. The molecule has 0 bridgehead atoms. The van der Waals surface area contributed by atoms with Crippen LogP contribution in [-0.2, 0) is 9.53 Å². The van der Waals surface area contributed by atoms with E-state index in [9.17, 15) is 9.59 Å². The molecule has 1 aromatic carbocycles. The van der Waals surface area contributed by atoms with Gasteiger partial charge in [-0.3, -0.25) is 9.59 Å². The summed E-state index contributed by atoms with van der Waals surface area (Å²) >= 11 is 4.85. The van der Waals surface area contributed by atoms with E-state index in [0.717, 1.165) is 9.37 Å². The molecule has 0 spiro atoms. The van der Waals surface area contributed by atoms with E-state index in [1.807, 2.05) is 12.1 Å². The number of Topliss-reactive ketones (excluding diaryl/α,β-unsaturated/α-hetero) is 1. The first kappa shape index (κ1) is 14.3. The Morgan fingerprint density at radius 3 is 2.71 bits per heavy atom. The Bertz CT molecular complexity index is 432. The van der Waals surface area contributed by atoms with Crippen molar-refractivity contribution < 1.29 is 14.3 Å². The molecule has 0 fully saturated rings. The van der Waals surface area contributed by atoms with Crippen molar-refractivity contribution in [3.05, 3.63) is 28.2 Å². The van der Waals surface area contributed by atoms with Crippen LogP contribution in [-0.4, -0.2) is 24.6 Å². The molecule has 0 atom stereocenters. The topological polar surface area (TPSA) is 43.4 Å². The smallest absolute Gasteiger partial charge is 0.306 e. The monoisotopic (exact) mass is 316 g/mol. The number of thioether (sulfide) groups is 1. The number of ketones is 1. The molecule has 0 aromatic heterocycles. The second-order valence-corrected chi connectivity index (χ2v) is 5.42. The fourth-order valence-corrected chi connectivity index (χ4v) is 2.83. The summed E-state index contributed by atoms with van der Waals surface area (Å²) in [6.45, 7) is 1.54. The quantitative estimate of drug-likeness (QED) is 0.475. The largest absolute Gasteiger partial charge is 0.469 e. The number of carbonyl (C=O) groups is 2. The maximum Gasteiger partial charge on any atom is 0.306 e. The Morgan fingerprint density at radius 1 is 1.41 bits per heavy atom. The van der Waals surface area contributed by atoms with Crippen molar-refractivity contribution in [2.45, 2.75) is 18.2 Å². The van der Waals surface area contributed by atoms with Gasteiger partial charge in [0.15, 0.2) is 5.78 Å². The first-order valence-corrected chi connectivity index (χ1v) is 6.82. The molecule has 0 heterocycles. The van der Waals surface area contributed by atoms with Gasteiger partial charge in [-0.1, -0.05) is 15.9 Å². The van der Waals surface area contributed by atoms with E-state index in [0.29, 0.717) is 17.7 Å². The van der Waals surface area contributed by atoms with E-state index in [1.54, 1.807) is 6.07 Å². The highest BCUT2D eigenvalue weighted by atomic mass is 79.9. The summed E-state index contributed by atoms with van der Waals surface area (Å²) in [5, 5.41) is 0.